The molecule has 0 fully saturated rings. The zero-order valence-corrected chi connectivity index (χ0v) is 16.8. The van der Waals surface area contributed by atoms with Gasteiger partial charge in [-0.1, -0.05) is 36.4 Å². The fourth-order valence-electron chi connectivity index (χ4n) is 2.41. The van der Waals surface area contributed by atoms with Crippen molar-refractivity contribution in [2.75, 3.05) is 17.2 Å². The number of anilines is 3. The van der Waals surface area contributed by atoms with Crippen LogP contribution in [0.4, 0.5) is 17.1 Å². The maximum absolute atomic E-state index is 13.2. The van der Waals surface area contributed by atoms with Crippen molar-refractivity contribution in [3.63, 3.8) is 0 Å². The quantitative estimate of drug-likeness (QED) is 0.349. The highest BCUT2D eigenvalue weighted by Gasteiger charge is 2.27. The molecule has 3 aromatic carbocycles. The molecule has 7 nitrogen and oxygen atoms in total. The number of hydrogen-bond acceptors (Lipinski definition) is 7. The molecule has 29 heavy (non-hydrogen) atoms. The van der Waals surface area contributed by atoms with Crippen molar-refractivity contribution in [2.45, 2.75) is 19.8 Å². The Bertz CT molecular complexity index is 834. The second-order valence-corrected chi connectivity index (χ2v) is 8.16. The molecule has 0 radical (unpaired) electrons. The summed E-state index contributed by atoms with van der Waals surface area (Å²) in [5, 5.41) is 0. The smallest absolute Gasteiger partial charge is 0.399 e. The van der Waals surface area contributed by atoms with Gasteiger partial charge in [-0.3, -0.25) is 13.6 Å². The Morgan fingerprint density at radius 1 is 0.517 bits per heavy atom. The lowest BCUT2D eigenvalue weighted by Gasteiger charge is -2.18. The molecule has 0 aliphatic carbocycles. The zero-order chi connectivity index (χ0) is 20.7. The van der Waals surface area contributed by atoms with E-state index in [0.717, 1.165) is 16.7 Å². The fraction of sp³-hybridized carbons (Fsp3) is 0.143. The van der Waals surface area contributed by atoms with Crippen LogP contribution in [0.1, 0.15) is 16.7 Å². The van der Waals surface area contributed by atoms with Crippen LogP contribution in [-0.4, -0.2) is 0 Å². The Hall–Kier alpha value is -2.83. The molecule has 0 saturated heterocycles. The molecule has 0 saturated carbocycles. The van der Waals surface area contributed by atoms with E-state index in [0.29, 0.717) is 17.1 Å². The third-order valence-electron chi connectivity index (χ3n) is 4.11. The van der Waals surface area contributed by atoms with Crippen molar-refractivity contribution in [1.29, 1.82) is 0 Å². The van der Waals surface area contributed by atoms with Gasteiger partial charge in [0.05, 0.1) is 19.8 Å². The van der Waals surface area contributed by atoms with Crippen LogP contribution in [0.15, 0.2) is 72.8 Å². The summed E-state index contributed by atoms with van der Waals surface area (Å²) < 4.78 is 29.9. The van der Waals surface area contributed by atoms with Gasteiger partial charge in [-0.2, -0.15) is 0 Å². The van der Waals surface area contributed by atoms with Crippen LogP contribution in [0.5, 0.6) is 0 Å². The Labute approximate surface area is 170 Å². The molecule has 8 heteroatoms. The van der Waals surface area contributed by atoms with Crippen molar-refractivity contribution in [1.82, 2.24) is 0 Å². The van der Waals surface area contributed by atoms with Crippen molar-refractivity contribution < 1.29 is 18.1 Å². The molecule has 152 valence electrons. The van der Waals surface area contributed by atoms with E-state index in [1.165, 1.54) is 0 Å². The third kappa shape index (κ3) is 6.62. The fourth-order valence-corrected chi connectivity index (χ4v) is 3.56. The molecule has 0 spiro atoms. The predicted octanol–water partition coefficient (Wildman–Crippen LogP) is 4.49. The normalized spacial score (nSPS) is 11.4. The highest BCUT2D eigenvalue weighted by atomic mass is 31.2. The van der Waals surface area contributed by atoms with Gasteiger partial charge in [0.2, 0.25) is 0 Å². The molecule has 0 bridgehead atoms. The SMILES string of the molecule is Nc1ccc(COP(=O)(OCc2ccc(N)cc2)OCc2ccc(N)cc2)cc1. The summed E-state index contributed by atoms with van der Waals surface area (Å²) >= 11 is 0. The van der Waals surface area contributed by atoms with E-state index < -0.39 is 7.82 Å². The Morgan fingerprint density at radius 3 is 1.00 bits per heavy atom. The molecule has 0 atom stereocenters. The number of benzene rings is 3. The van der Waals surface area contributed by atoms with E-state index in [1.54, 1.807) is 72.8 Å². The maximum Gasteiger partial charge on any atom is 0.475 e. The van der Waals surface area contributed by atoms with Crippen molar-refractivity contribution in [3.8, 4) is 0 Å². The van der Waals surface area contributed by atoms with Gasteiger partial charge in [0, 0.05) is 17.1 Å². The maximum atomic E-state index is 13.2. The monoisotopic (exact) mass is 413 g/mol. The molecule has 0 heterocycles. The summed E-state index contributed by atoms with van der Waals surface area (Å²) in [5.41, 5.74) is 21.4. The summed E-state index contributed by atoms with van der Waals surface area (Å²) in [6.45, 7) is 0.170. The van der Waals surface area contributed by atoms with Crippen LogP contribution in [0.2, 0.25) is 0 Å². The third-order valence-corrected chi connectivity index (χ3v) is 5.44. The Morgan fingerprint density at radius 2 is 0.759 bits per heavy atom. The first-order valence-corrected chi connectivity index (χ1v) is 10.4. The molecular formula is C21H24N3O4P. The first-order valence-electron chi connectivity index (χ1n) is 8.99. The lowest BCUT2D eigenvalue weighted by Crippen LogP contribution is -2.02. The first kappa shape index (κ1) is 20.9. The van der Waals surface area contributed by atoms with E-state index >= 15 is 0 Å². The topological polar surface area (TPSA) is 123 Å². The van der Waals surface area contributed by atoms with Crippen LogP contribution < -0.4 is 17.2 Å². The van der Waals surface area contributed by atoms with Gasteiger partial charge >= 0.3 is 7.82 Å². The summed E-state index contributed by atoms with van der Waals surface area (Å²) in [4.78, 5) is 0. The van der Waals surface area contributed by atoms with Gasteiger partial charge < -0.3 is 17.2 Å². The van der Waals surface area contributed by atoms with Crippen LogP contribution in [-0.2, 0) is 38.0 Å². The van der Waals surface area contributed by atoms with Crippen LogP contribution in [0.25, 0.3) is 0 Å². The Balaban J connectivity index is 1.67. The lowest BCUT2D eigenvalue weighted by atomic mass is 10.2. The van der Waals surface area contributed by atoms with Crippen LogP contribution in [0, 0.1) is 0 Å². The molecule has 3 rings (SSSR count). The molecule has 0 amide bonds. The van der Waals surface area contributed by atoms with E-state index in [9.17, 15) is 4.57 Å². The van der Waals surface area contributed by atoms with Crippen LogP contribution >= 0.6 is 7.82 Å². The minimum Gasteiger partial charge on any atom is -0.399 e. The zero-order valence-electron chi connectivity index (χ0n) is 15.9. The predicted molar refractivity (Wildman–Crippen MR) is 115 cm³/mol. The number of hydrogen-bond donors (Lipinski definition) is 3. The second kappa shape index (κ2) is 9.58. The molecule has 0 aliphatic heterocycles. The number of phosphoric acid groups is 1. The minimum absolute atomic E-state index is 0.0566. The average molecular weight is 413 g/mol. The number of nitrogens with two attached hydrogens (primary N) is 3. The van der Waals surface area contributed by atoms with E-state index in [-0.39, 0.29) is 19.8 Å². The molecule has 3 aromatic rings. The van der Waals surface area contributed by atoms with Crippen molar-refractivity contribution in [3.05, 3.63) is 89.5 Å². The number of rotatable bonds is 9. The van der Waals surface area contributed by atoms with Gasteiger partial charge in [-0.05, 0) is 53.1 Å². The van der Waals surface area contributed by atoms with Gasteiger partial charge in [-0.15, -0.1) is 0 Å². The molecule has 6 N–H and O–H groups in total. The summed E-state index contributed by atoms with van der Waals surface area (Å²) in [6, 6.07) is 21.2. The first-order chi connectivity index (χ1) is 13.9. The van der Waals surface area contributed by atoms with Crippen molar-refractivity contribution >= 4 is 24.9 Å². The molecule has 0 aliphatic rings. The Kier molecular flexibility index (Phi) is 6.90. The molecule has 0 aromatic heterocycles. The minimum atomic E-state index is -3.85. The summed E-state index contributed by atoms with van der Waals surface area (Å²) in [5.74, 6) is 0. The van der Waals surface area contributed by atoms with Gasteiger partial charge in [0.25, 0.3) is 0 Å². The molecule has 0 unspecified atom stereocenters. The molecular weight excluding hydrogens is 389 g/mol. The van der Waals surface area contributed by atoms with E-state index in [2.05, 4.69) is 0 Å². The van der Waals surface area contributed by atoms with Gasteiger partial charge in [0.1, 0.15) is 0 Å². The van der Waals surface area contributed by atoms with E-state index in [1.807, 2.05) is 0 Å². The average Bonchev–Trinajstić information content (AvgIpc) is 2.73. The van der Waals surface area contributed by atoms with Gasteiger partial charge in [-0.25, -0.2) is 4.57 Å². The second-order valence-electron chi connectivity index (χ2n) is 6.49. The lowest BCUT2D eigenvalue weighted by molar-refractivity contribution is 0.0979. The highest BCUT2D eigenvalue weighted by Crippen LogP contribution is 2.51. The van der Waals surface area contributed by atoms with E-state index in [4.69, 9.17) is 30.8 Å². The summed E-state index contributed by atoms with van der Waals surface area (Å²) in [6.07, 6.45) is 0. The highest BCUT2D eigenvalue weighted by molar-refractivity contribution is 7.48. The number of phosphoric ester groups is 1. The largest absolute Gasteiger partial charge is 0.475 e. The van der Waals surface area contributed by atoms with Gasteiger partial charge in [0.15, 0.2) is 0 Å². The summed E-state index contributed by atoms with van der Waals surface area (Å²) in [7, 11) is -3.85. The standard InChI is InChI=1S/C21H24N3O4P/c22-19-7-1-16(2-8-19)13-26-29(25,27-14-17-3-9-20(23)10-4-17)28-15-18-5-11-21(24)12-6-18/h1-12H,13-15,22-24H2. The van der Waals surface area contributed by atoms with Crippen molar-refractivity contribution in [2.24, 2.45) is 0 Å². The number of nitrogen functional groups attached to an aromatic ring is 3. The van der Waals surface area contributed by atoms with Crippen LogP contribution in [0.3, 0.4) is 0 Å².